The molecule has 0 unspecified atom stereocenters. The van der Waals surface area contributed by atoms with E-state index in [1.807, 2.05) is 26.8 Å². The molecule has 0 amide bonds. The number of hydrogen-bond donors (Lipinski definition) is 1. The highest BCUT2D eigenvalue weighted by atomic mass is 32.2. The molecule has 2 aromatic carbocycles. The van der Waals surface area contributed by atoms with Gasteiger partial charge in [-0.1, -0.05) is 37.0 Å². The number of carbonyl (C=O) groups is 1. The predicted molar refractivity (Wildman–Crippen MR) is 125 cm³/mol. The summed E-state index contributed by atoms with van der Waals surface area (Å²) in [5.74, 6) is 5.43. The van der Waals surface area contributed by atoms with Gasteiger partial charge < -0.3 is 9.84 Å². The summed E-state index contributed by atoms with van der Waals surface area (Å²) >= 11 is 1.52. The maximum atomic E-state index is 12.4. The highest BCUT2D eigenvalue weighted by Crippen LogP contribution is 2.36. The summed E-state index contributed by atoms with van der Waals surface area (Å²) in [6, 6.07) is 11.9. The van der Waals surface area contributed by atoms with E-state index in [-0.39, 0.29) is 10.6 Å². The minimum absolute atomic E-state index is 0.0733. The van der Waals surface area contributed by atoms with E-state index in [2.05, 4.69) is 16.8 Å². The second-order valence-corrected chi connectivity index (χ2v) is 10.4. The topological polar surface area (TPSA) is 93.6 Å². The monoisotopic (exact) mass is 469 g/mol. The fourth-order valence-electron chi connectivity index (χ4n) is 3.18. The van der Waals surface area contributed by atoms with Crippen LogP contribution in [0.5, 0.6) is 5.75 Å². The third kappa shape index (κ3) is 5.55. The van der Waals surface area contributed by atoms with Crippen molar-refractivity contribution >= 4 is 27.1 Å². The number of aromatic nitrogens is 1. The molecule has 8 heteroatoms. The smallest absolute Gasteiger partial charge is 0.341 e. The summed E-state index contributed by atoms with van der Waals surface area (Å²) < 4.78 is 30.3. The van der Waals surface area contributed by atoms with Crippen molar-refractivity contribution in [1.82, 2.24) is 4.98 Å². The van der Waals surface area contributed by atoms with Gasteiger partial charge in [0.05, 0.1) is 31.8 Å². The molecule has 0 aliphatic rings. The Morgan fingerprint density at radius 2 is 1.91 bits per heavy atom. The van der Waals surface area contributed by atoms with E-state index in [1.165, 1.54) is 11.3 Å². The van der Waals surface area contributed by atoms with Crippen molar-refractivity contribution in [2.75, 3.05) is 12.4 Å². The van der Waals surface area contributed by atoms with E-state index in [9.17, 15) is 13.2 Å². The van der Waals surface area contributed by atoms with E-state index in [0.717, 1.165) is 21.1 Å². The quantitative estimate of drug-likeness (QED) is 0.513. The number of aliphatic carboxylic acids is 1. The van der Waals surface area contributed by atoms with Crippen molar-refractivity contribution < 1.29 is 23.1 Å². The highest BCUT2D eigenvalue weighted by Gasteiger charge is 2.16. The zero-order chi connectivity index (χ0) is 23.3. The fourth-order valence-corrected chi connectivity index (χ4v) is 5.50. The number of carboxylic acid groups (broad SMARTS) is 1. The van der Waals surface area contributed by atoms with E-state index < -0.39 is 22.4 Å². The first-order valence-electron chi connectivity index (χ1n) is 9.98. The van der Waals surface area contributed by atoms with Gasteiger partial charge in [0.1, 0.15) is 5.75 Å². The van der Waals surface area contributed by atoms with Crippen molar-refractivity contribution in [1.29, 1.82) is 0 Å². The summed E-state index contributed by atoms with van der Waals surface area (Å²) in [4.78, 5) is 16.7. The summed E-state index contributed by atoms with van der Waals surface area (Å²) in [6.07, 6.45) is 0.531. The van der Waals surface area contributed by atoms with Gasteiger partial charge in [-0.05, 0) is 44.5 Å². The lowest BCUT2D eigenvalue weighted by atomic mass is 10.0. The molecule has 0 fully saturated rings. The van der Waals surface area contributed by atoms with Gasteiger partial charge in [0.2, 0.25) is 0 Å². The number of benzene rings is 2. The maximum absolute atomic E-state index is 12.4. The van der Waals surface area contributed by atoms with Crippen molar-refractivity contribution in [3.63, 3.8) is 0 Å². The van der Waals surface area contributed by atoms with Gasteiger partial charge in [-0.2, -0.15) is 0 Å². The van der Waals surface area contributed by atoms with Crippen molar-refractivity contribution in [2.24, 2.45) is 0 Å². The Kier molecular flexibility index (Phi) is 7.33. The van der Waals surface area contributed by atoms with Crippen LogP contribution in [-0.4, -0.2) is 36.8 Å². The molecule has 0 saturated heterocycles. The van der Waals surface area contributed by atoms with Crippen molar-refractivity contribution in [3.8, 4) is 28.0 Å². The third-order valence-corrected chi connectivity index (χ3v) is 7.55. The number of ether oxygens (including phenoxy) is 1. The first kappa shape index (κ1) is 23.5. The van der Waals surface area contributed by atoms with Crippen LogP contribution in [0.3, 0.4) is 0 Å². The lowest BCUT2D eigenvalue weighted by molar-refractivity contribution is -0.139. The van der Waals surface area contributed by atoms with Gasteiger partial charge in [-0.15, -0.1) is 11.3 Å². The van der Waals surface area contributed by atoms with Crippen LogP contribution in [0, 0.1) is 25.7 Å². The Balaban J connectivity index is 2.11. The van der Waals surface area contributed by atoms with Crippen LogP contribution in [0.1, 0.15) is 35.2 Å². The molecular weight excluding hydrogens is 446 g/mol. The number of thiazole rings is 1. The molecule has 0 spiro atoms. The van der Waals surface area contributed by atoms with Gasteiger partial charge in [-0.3, -0.25) is 0 Å². The SMILES string of the molecule is CCCS(=O)(=O)c1cccc(C#Cc2c(OCC(=O)O)cccc2-c2sc(C)nc2C)c1. The van der Waals surface area contributed by atoms with Gasteiger partial charge in [0.15, 0.2) is 16.4 Å². The van der Waals surface area contributed by atoms with Gasteiger partial charge in [-0.25, -0.2) is 18.2 Å². The third-order valence-electron chi connectivity index (χ3n) is 4.52. The van der Waals surface area contributed by atoms with E-state index in [0.29, 0.717) is 23.3 Å². The van der Waals surface area contributed by atoms with Crippen LogP contribution in [-0.2, 0) is 14.6 Å². The number of rotatable bonds is 7. The molecule has 0 saturated carbocycles. The van der Waals surface area contributed by atoms with Crippen molar-refractivity contribution in [2.45, 2.75) is 32.1 Å². The van der Waals surface area contributed by atoms with Crippen molar-refractivity contribution in [3.05, 3.63) is 64.3 Å². The van der Waals surface area contributed by atoms with Crippen LogP contribution >= 0.6 is 11.3 Å². The summed E-state index contributed by atoms with van der Waals surface area (Å²) in [5.41, 5.74) is 2.71. The molecule has 32 heavy (non-hydrogen) atoms. The molecular formula is C24H23NO5S2. The Bertz CT molecular complexity index is 1310. The molecule has 1 aromatic heterocycles. The normalized spacial score (nSPS) is 11.0. The van der Waals surface area contributed by atoms with Crippen LogP contribution in [0.25, 0.3) is 10.4 Å². The number of carboxylic acids is 1. The first-order valence-corrected chi connectivity index (χ1v) is 12.4. The molecule has 3 rings (SSSR count). The van der Waals surface area contributed by atoms with Crippen LogP contribution < -0.4 is 4.74 Å². The minimum Gasteiger partial charge on any atom is -0.481 e. The average Bonchev–Trinajstić information content (AvgIpc) is 3.08. The molecule has 1 heterocycles. The largest absolute Gasteiger partial charge is 0.481 e. The second kappa shape index (κ2) is 9.98. The molecule has 0 radical (unpaired) electrons. The van der Waals surface area contributed by atoms with Crippen LogP contribution in [0.4, 0.5) is 0 Å². The number of nitrogens with zero attached hydrogens (tertiary/aromatic N) is 1. The van der Waals surface area contributed by atoms with Gasteiger partial charge in [0, 0.05) is 11.1 Å². The molecule has 3 aromatic rings. The molecule has 0 bridgehead atoms. The summed E-state index contributed by atoms with van der Waals surface area (Å²) in [5, 5.41) is 9.94. The molecule has 0 aliphatic heterocycles. The van der Waals surface area contributed by atoms with E-state index in [4.69, 9.17) is 9.84 Å². The highest BCUT2D eigenvalue weighted by molar-refractivity contribution is 7.91. The summed E-state index contributed by atoms with van der Waals surface area (Å²) in [7, 11) is -3.36. The Morgan fingerprint density at radius 1 is 1.16 bits per heavy atom. The summed E-state index contributed by atoms with van der Waals surface area (Å²) in [6.45, 7) is 5.14. The number of sulfone groups is 1. The maximum Gasteiger partial charge on any atom is 0.341 e. The Hall–Kier alpha value is -3.15. The van der Waals surface area contributed by atoms with E-state index >= 15 is 0 Å². The Labute approximate surface area is 191 Å². The van der Waals surface area contributed by atoms with E-state index in [1.54, 1.807) is 36.4 Å². The van der Waals surface area contributed by atoms with Gasteiger partial charge >= 0.3 is 5.97 Å². The standard InChI is InChI=1S/C24H23NO5S2/c1-4-13-32(28,29)19-8-5-7-18(14-19)11-12-20-21(24-16(2)25-17(3)31-24)9-6-10-22(20)30-15-23(26)27/h5-10,14H,4,13,15H2,1-3H3,(H,26,27). The second-order valence-electron chi connectivity index (χ2n) is 7.11. The zero-order valence-electron chi connectivity index (χ0n) is 18.0. The minimum atomic E-state index is -3.36. The number of hydrogen-bond acceptors (Lipinski definition) is 6. The Morgan fingerprint density at radius 3 is 2.56 bits per heavy atom. The average molecular weight is 470 g/mol. The molecule has 1 N–H and O–H groups in total. The van der Waals surface area contributed by atoms with Crippen LogP contribution in [0.15, 0.2) is 47.4 Å². The lowest BCUT2D eigenvalue weighted by Crippen LogP contribution is -2.10. The molecule has 166 valence electrons. The lowest BCUT2D eigenvalue weighted by Gasteiger charge is -2.10. The van der Waals surface area contributed by atoms with Gasteiger partial charge in [0.25, 0.3) is 0 Å². The first-order chi connectivity index (χ1) is 15.2. The predicted octanol–water partition coefficient (Wildman–Crippen LogP) is 4.47. The fraction of sp³-hybridized carbons (Fsp3) is 0.250. The molecule has 0 atom stereocenters. The molecule has 0 aliphatic carbocycles. The van der Waals surface area contributed by atoms with Crippen LogP contribution in [0.2, 0.25) is 0 Å². The number of aryl methyl sites for hydroxylation is 2. The zero-order valence-corrected chi connectivity index (χ0v) is 19.6. The molecule has 6 nitrogen and oxygen atoms in total.